The van der Waals surface area contributed by atoms with Gasteiger partial charge in [0.15, 0.2) is 0 Å². The third kappa shape index (κ3) is 3.35. The van der Waals surface area contributed by atoms with E-state index >= 15 is 0 Å². The fourth-order valence-electron chi connectivity index (χ4n) is 2.06. The predicted octanol–water partition coefficient (Wildman–Crippen LogP) is 2.17. The van der Waals surface area contributed by atoms with Gasteiger partial charge in [0.05, 0.1) is 6.04 Å². The van der Waals surface area contributed by atoms with Crippen molar-refractivity contribution in [3.05, 3.63) is 36.0 Å². The topological polar surface area (TPSA) is 56.9 Å². The van der Waals surface area contributed by atoms with Crippen LogP contribution in [-0.4, -0.2) is 23.5 Å². The van der Waals surface area contributed by atoms with Gasteiger partial charge in [0, 0.05) is 30.2 Å². The fraction of sp³-hybridized carbons (Fsp3) is 0.400. The number of aromatic nitrogens is 1. The molecule has 0 saturated carbocycles. The Balaban J connectivity index is 1.95. The van der Waals surface area contributed by atoms with E-state index in [4.69, 9.17) is 0 Å². The van der Waals surface area contributed by atoms with Crippen molar-refractivity contribution in [2.24, 2.45) is 0 Å². The van der Waals surface area contributed by atoms with Crippen molar-refractivity contribution in [2.45, 2.75) is 32.9 Å². The third-order valence-electron chi connectivity index (χ3n) is 3.23. The van der Waals surface area contributed by atoms with Crippen LogP contribution in [0.1, 0.15) is 25.8 Å². The molecule has 1 aromatic carbocycles. The van der Waals surface area contributed by atoms with Gasteiger partial charge in [-0.1, -0.05) is 19.1 Å². The number of aromatic amines is 1. The van der Waals surface area contributed by atoms with Crippen molar-refractivity contribution < 1.29 is 4.79 Å². The first kappa shape index (κ1) is 13.6. The number of benzene rings is 1. The summed E-state index contributed by atoms with van der Waals surface area (Å²) in [6.07, 6.45) is 2.90. The normalized spacial score (nSPS) is 12.5. The first-order chi connectivity index (χ1) is 9.22. The van der Waals surface area contributed by atoms with Gasteiger partial charge in [-0.25, -0.2) is 0 Å². The fourth-order valence-corrected chi connectivity index (χ4v) is 2.06. The highest BCUT2D eigenvalue weighted by Crippen LogP contribution is 2.17. The maximum absolute atomic E-state index is 11.8. The molecule has 0 spiro atoms. The van der Waals surface area contributed by atoms with E-state index in [9.17, 15) is 4.79 Å². The standard InChI is InChI=1S/C15H21N3O/c1-3-8-17-15(19)11(2)18-10-12-5-4-6-14-13(12)7-9-16-14/h4-7,9,11,16,18H,3,8,10H2,1-2H3,(H,17,19). The first-order valence-electron chi connectivity index (χ1n) is 6.78. The molecule has 1 amide bonds. The molecule has 0 bridgehead atoms. The molecule has 19 heavy (non-hydrogen) atoms. The molecule has 0 aliphatic rings. The molecule has 1 aromatic heterocycles. The number of hydrogen-bond donors (Lipinski definition) is 3. The number of nitrogens with one attached hydrogen (secondary N) is 3. The lowest BCUT2D eigenvalue weighted by atomic mass is 10.1. The van der Waals surface area contributed by atoms with Crippen LogP contribution < -0.4 is 10.6 Å². The van der Waals surface area contributed by atoms with Crippen molar-refractivity contribution >= 4 is 16.8 Å². The van der Waals surface area contributed by atoms with E-state index in [-0.39, 0.29) is 11.9 Å². The summed E-state index contributed by atoms with van der Waals surface area (Å²) in [7, 11) is 0. The average molecular weight is 259 g/mol. The Kier molecular flexibility index (Phi) is 4.58. The zero-order valence-corrected chi connectivity index (χ0v) is 11.5. The van der Waals surface area contributed by atoms with Gasteiger partial charge in [0.2, 0.25) is 5.91 Å². The Hall–Kier alpha value is -1.81. The summed E-state index contributed by atoms with van der Waals surface area (Å²) in [6.45, 7) is 5.36. The SMILES string of the molecule is CCCNC(=O)C(C)NCc1cccc2[nH]ccc12. The summed E-state index contributed by atoms with van der Waals surface area (Å²) in [4.78, 5) is 14.9. The molecule has 3 N–H and O–H groups in total. The van der Waals surface area contributed by atoms with Crippen LogP contribution in [0.2, 0.25) is 0 Å². The number of carbonyl (C=O) groups is 1. The molecule has 0 saturated heterocycles. The number of fused-ring (bicyclic) bond motifs is 1. The molecule has 1 unspecified atom stereocenters. The molecule has 0 fully saturated rings. The zero-order chi connectivity index (χ0) is 13.7. The van der Waals surface area contributed by atoms with Crippen LogP contribution in [0.15, 0.2) is 30.5 Å². The van der Waals surface area contributed by atoms with E-state index in [2.05, 4.69) is 33.8 Å². The summed E-state index contributed by atoms with van der Waals surface area (Å²) in [5.41, 5.74) is 2.33. The highest BCUT2D eigenvalue weighted by atomic mass is 16.2. The van der Waals surface area contributed by atoms with Crippen LogP contribution in [0.4, 0.5) is 0 Å². The van der Waals surface area contributed by atoms with Gasteiger partial charge in [0.1, 0.15) is 0 Å². The molecule has 2 rings (SSSR count). The van der Waals surface area contributed by atoms with E-state index in [0.29, 0.717) is 6.54 Å². The number of H-pyrrole nitrogens is 1. The van der Waals surface area contributed by atoms with Gasteiger partial charge in [0.25, 0.3) is 0 Å². The molecule has 4 heteroatoms. The highest BCUT2D eigenvalue weighted by molar-refractivity contribution is 5.83. The Morgan fingerprint density at radius 2 is 2.21 bits per heavy atom. The van der Waals surface area contributed by atoms with Gasteiger partial charge in [-0.05, 0) is 31.0 Å². The van der Waals surface area contributed by atoms with Gasteiger partial charge in [-0.3, -0.25) is 4.79 Å². The van der Waals surface area contributed by atoms with E-state index in [1.807, 2.05) is 26.1 Å². The van der Waals surface area contributed by atoms with Crippen molar-refractivity contribution in [2.75, 3.05) is 6.54 Å². The second-order valence-electron chi connectivity index (χ2n) is 4.75. The van der Waals surface area contributed by atoms with Crippen LogP contribution in [-0.2, 0) is 11.3 Å². The Labute approximate surface area is 113 Å². The van der Waals surface area contributed by atoms with Crippen LogP contribution in [0.25, 0.3) is 10.9 Å². The van der Waals surface area contributed by atoms with E-state index in [1.54, 1.807) is 0 Å². The van der Waals surface area contributed by atoms with Crippen LogP contribution >= 0.6 is 0 Å². The predicted molar refractivity (Wildman–Crippen MR) is 77.9 cm³/mol. The lowest BCUT2D eigenvalue weighted by Gasteiger charge is -2.14. The molecular weight excluding hydrogens is 238 g/mol. The average Bonchev–Trinajstić information content (AvgIpc) is 2.90. The Morgan fingerprint density at radius 1 is 1.37 bits per heavy atom. The van der Waals surface area contributed by atoms with Gasteiger partial charge >= 0.3 is 0 Å². The summed E-state index contributed by atoms with van der Waals surface area (Å²) < 4.78 is 0. The van der Waals surface area contributed by atoms with Crippen LogP contribution in [0.3, 0.4) is 0 Å². The number of amides is 1. The summed E-state index contributed by atoms with van der Waals surface area (Å²) in [6, 6.07) is 8.04. The largest absolute Gasteiger partial charge is 0.361 e. The summed E-state index contributed by atoms with van der Waals surface area (Å²) in [5, 5.41) is 7.36. The zero-order valence-electron chi connectivity index (χ0n) is 11.5. The first-order valence-corrected chi connectivity index (χ1v) is 6.78. The molecule has 1 atom stereocenters. The van der Waals surface area contributed by atoms with Crippen molar-refractivity contribution in [1.29, 1.82) is 0 Å². The lowest BCUT2D eigenvalue weighted by molar-refractivity contribution is -0.122. The summed E-state index contributed by atoms with van der Waals surface area (Å²) >= 11 is 0. The van der Waals surface area contributed by atoms with E-state index in [0.717, 1.165) is 18.5 Å². The smallest absolute Gasteiger partial charge is 0.236 e. The minimum Gasteiger partial charge on any atom is -0.361 e. The third-order valence-corrected chi connectivity index (χ3v) is 3.23. The minimum absolute atomic E-state index is 0.0584. The van der Waals surface area contributed by atoms with E-state index < -0.39 is 0 Å². The molecule has 4 nitrogen and oxygen atoms in total. The van der Waals surface area contributed by atoms with Crippen LogP contribution in [0.5, 0.6) is 0 Å². The molecule has 2 aromatic rings. The second-order valence-corrected chi connectivity index (χ2v) is 4.75. The maximum Gasteiger partial charge on any atom is 0.236 e. The molecule has 0 radical (unpaired) electrons. The van der Waals surface area contributed by atoms with Gasteiger partial charge in [-0.2, -0.15) is 0 Å². The number of rotatable bonds is 6. The van der Waals surface area contributed by atoms with Crippen molar-refractivity contribution in [3.63, 3.8) is 0 Å². The number of hydrogen-bond acceptors (Lipinski definition) is 2. The molecule has 0 aliphatic heterocycles. The van der Waals surface area contributed by atoms with Gasteiger partial charge in [-0.15, -0.1) is 0 Å². The molecule has 102 valence electrons. The quantitative estimate of drug-likeness (QED) is 0.744. The minimum atomic E-state index is -0.180. The monoisotopic (exact) mass is 259 g/mol. The highest BCUT2D eigenvalue weighted by Gasteiger charge is 2.11. The van der Waals surface area contributed by atoms with Crippen LogP contribution in [0, 0.1) is 0 Å². The molecular formula is C15H21N3O. The Bertz CT molecular complexity index is 547. The summed E-state index contributed by atoms with van der Waals surface area (Å²) in [5.74, 6) is 0.0584. The Morgan fingerprint density at radius 3 is 3.00 bits per heavy atom. The van der Waals surface area contributed by atoms with Gasteiger partial charge < -0.3 is 15.6 Å². The maximum atomic E-state index is 11.8. The lowest BCUT2D eigenvalue weighted by Crippen LogP contribution is -2.42. The second kappa shape index (κ2) is 6.38. The van der Waals surface area contributed by atoms with E-state index in [1.165, 1.54) is 10.9 Å². The van der Waals surface area contributed by atoms with Crippen molar-refractivity contribution in [3.8, 4) is 0 Å². The van der Waals surface area contributed by atoms with Crippen molar-refractivity contribution in [1.82, 2.24) is 15.6 Å². The molecule has 1 heterocycles. The number of carbonyl (C=O) groups excluding carboxylic acids is 1. The molecule has 0 aliphatic carbocycles.